The summed E-state index contributed by atoms with van der Waals surface area (Å²) in [5.74, 6) is 0. The van der Waals surface area contributed by atoms with E-state index in [1.54, 1.807) is 0 Å². The summed E-state index contributed by atoms with van der Waals surface area (Å²) in [6.45, 7) is 7.00. The molecule has 1 heterocycles. The first-order valence-corrected chi connectivity index (χ1v) is 6.92. The van der Waals surface area contributed by atoms with E-state index in [0.717, 1.165) is 34.1 Å². The number of aryl methyl sites for hydroxylation is 2. The molecule has 0 saturated carbocycles. The van der Waals surface area contributed by atoms with Crippen molar-refractivity contribution in [1.82, 2.24) is 10.3 Å². The van der Waals surface area contributed by atoms with Crippen LogP contribution in [0.25, 0.3) is 0 Å². The van der Waals surface area contributed by atoms with E-state index in [1.807, 2.05) is 38.1 Å². The van der Waals surface area contributed by atoms with Crippen molar-refractivity contribution >= 4 is 11.6 Å². The van der Waals surface area contributed by atoms with Gasteiger partial charge >= 0.3 is 0 Å². The van der Waals surface area contributed by atoms with Crippen molar-refractivity contribution in [1.29, 1.82) is 0 Å². The van der Waals surface area contributed by atoms with Crippen LogP contribution < -0.4 is 5.32 Å². The van der Waals surface area contributed by atoms with Gasteiger partial charge in [-0.1, -0.05) is 36.7 Å². The highest BCUT2D eigenvalue weighted by Gasteiger charge is 2.15. The third kappa shape index (κ3) is 3.34. The topological polar surface area (TPSA) is 24.9 Å². The molecule has 1 N–H and O–H groups in total. The molecule has 2 rings (SSSR count). The fourth-order valence-electron chi connectivity index (χ4n) is 2.11. The fourth-order valence-corrected chi connectivity index (χ4v) is 2.30. The highest BCUT2D eigenvalue weighted by Crippen LogP contribution is 2.25. The quantitative estimate of drug-likeness (QED) is 0.910. The maximum Gasteiger partial charge on any atom is 0.0751 e. The number of hydrogen-bond donors (Lipinski definition) is 1. The van der Waals surface area contributed by atoms with Crippen molar-refractivity contribution in [3.05, 3.63) is 63.9 Å². The first-order chi connectivity index (χ1) is 9.11. The van der Waals surface area contributed by atoms with Crippen LogP contribution in [-0.2, 0) is 0 Å². The lowest BCUT2D eigenvalue weighted by Crippen LogP contribution is -2.23. The summed E-state index contributed by atoms with van der Waals surface area (Å²) < 4.78 is 0. The number of aromatic nitrogens is 1. The zero-order valence-electron chi connectivity index (χ0n) is 11.6. The van der Waals surface area contributed by atoms with E-state index in [0.29, 0.717) is 0 Å². The summed E-state index contributed by atoms with van der Waals surface area (Å²) in [5.41, 5.74) is 4.30. The SMILES string of the molecule is CCNC(c1ccc(C)c(Cl)c1)c1cccc(C)n1. The van der Waals surface area contributed by atoms with Gasteiger partial charge in [0.25, 0.3) is 0 Å². The molecule has 1 unspecified atom stereocenters. The number of pyridine rings is 1. The molecular formula is C16H19ClN2. The second kappa shape index (κ2) is 6.18. The van der Waals surface area contributed by atoms with E-state index in [4.69, 9.17) is 11.6 Å². The van der Waals surface area contributed by atoms with Crippen molar-refractivity contribution in [3.63, 3.8) is 0 Å². The van der Waals surface area contributed by atoms with E-state index in [2.05, 4.69) is 29.4 Å². The summed E-state index contributed by atoms with van der Waals surface area (Å²) in [7, 11) is 0. The van der Waals surface area contributed by atoms with Gasteiger partial charge in [-0.05, 0) is 49.7 Å². The summed E-state index contributed by atoms with van der Waals surface area (Å²) >= 11 is 6.23. The number of nitrogens with zero attached hydrogens (tertiary/aromatic N) is 1. The first kappa shape index (κ1) is 14.0. The molecular weight excluding hydrogens is 256 g/mol. The summed E-state index contributed by atoms with van der Waals surface area (Å²) in [5, 5.41) is 4.27. The number of hydrogen-bond acceptors (Lipinski definition) is 2. The molecule has 0 aliphatic carbocycles. The molecule has 0 amide bonds. The van der Waals surface area contributed by atoms with Gasteiger partial charge in [-0.25, -0.2) is 0 Å². The normalized spacial score (nSPS) is 12.4. The van der Waals surface area contributed by atoms with Crippen LogP contribution in [0.4, 0.5) is 0 Å². The van der Waals surface area contributed by atoms with Gasteiger partial charge in [0.1, 0.15) is 0 Å². The highest BCUT2D eigenvalue weighted by molar-refractivity contribution is 6.31. The van der Waals surface area contributed by atoms with Crippen LogP contribution in [0.1, 0.15) is 35.5 Å². The first-order valence-electron chi connectivity index (χ1n) is 6.54. The Morgan fingerprint density at radius 1 is 1.21 bits per heavy atom. The van der Waals surface area contributed by atoms with Crippen LogP contribution in [-0.4, -0.2) is 11.5 Å². The van der Waals surface area contributed by atoms with E-state index >= 15 is 0 Å². The third-order valence-electron chi connectivity index (χ3n) is 3.14. The number of benzene rings is 1. The van der Waals surface area contributed by atoms with Gasteiger partial charge in [-0.2, -0.15) is 0 Å². The molecule has 0 aliphatic rings. The summed E-state index contributed by atoms with van der Waals surface area (Å²) in [6.07, 6.45) is 0. The Morgan fingerprint density at radius 3 is 2.63 bits per heavy atom. The fraction of sp³-hybridized carbons (Fsp3) is 0.312. The van der Waals surface area contributed by atoms with Gasteiger partial charge < -0.3 is 5.32 Å². The van der Waals surface area contributed by atoms with Crippen molar-refractivity contribution in [2.24, 2.45) is 0 Å². The van der Waals surface area contributed by atoms with Gasteiger partial charge in [0, 0.05) is 10.7 Å². The Hall–Kier alpha value is -1.38. The van der Waals surface area contributed by atoms with Crippen molar-refractivity contribution in [2.45, 2.75) is 26.8 Å². The minimum atomic E-state index is 0.0861. The molecule has 19 heavy (non-hydrogen) atoms. The van der Waals surface area contributed by atoms with Gasteiger partial charge in [0.15, 0.2) is 0 Å². The zero-order chi connectivity index (χ0) is 13.8. The van der Waals surface area contributed by atoms with Crippen LogP contribution in [0, 0.1) is 13.8 Å². The summed E-state index contributed by atoms with van der Waals surface area (Å²) in [4.78, 5) is 4.62. The molecule has 100 valence electrons. The van der Waals surface area contributed by atoms with E-state index in [1.165, 1.54) is 0 Å². The van der Waals surface area contributed by atoms with Gasteiger partial charge in [-0.3, -0.25) is 4.98 Å². The van der Waals surface area contributed by atoms with Crippen molar-refractivity contribution in [2.75, 3.05) is 6.54 Å². The van der Waals surface area contributed by atoms with Gasteiger partial charge in [-0.15, -0.1) is 0 Å². The highest BCUT2D eigenvalue weighted by atomic mass is 35.5. The van der Waals surface area contributed by atoms with Crippen molar-refractivity contribution < 1.29 is 0 Å². The lowest BCUT2D eigenvalue weighted by Gasteiger charge is -2.19. The van der Waals surface area contributed by atoms with Crippen LogP contribution in [0.3, 0.4) is 0 Å². The van der Waals surface area contributed by atoms with Crippen molar-refractivity contribution in [3.8, 4) is 0 Å². The van der Waals surface area contributed by atoms with E-state index < -0.39 is 0 Å². The minimum Gasteiger partial charge on any atom is -0.305 e. The molecule has 2 nitrogen and oxygen atoms in total. The van der Waals surface area contributed by atoms with E-state index in [9.17, 15) is 0 Å². The molecule has 0 fully saturated rings. The molecule has 1 aromatic carbocycles. The largest absolute Gasteiger partial charge is 0.305 e. The Morgan fingerprint density at radius 2 is 2.00 bits per heavy atom. The van der Waals surface area contributed by atoms with Crippen LogP contribution in [0.5, 0.6) is 0 Å². The Kier molecular flexibility index (Phi) is 4.56. The molecule has 2 aromatic rings. The number of nitrogens with one attached hydrogen (secondary N) is 1. The summed E-state index contributed by atoms with van der Waals surface area (Å²) in [6, 6.07) is 12.4. The Bertz CT molecular complexity index is 566. The molecule has 0 bridgehead atoms. The Labute approximate surface area is 119 Å². The molecule has 0 saturated heterocycles. The van der Waals surface area contributed by atoms with Gasteiger partial charge in [0.2, 0.25) is 0 Å². The smallest absolute Gasteiger partial charge is 0.0751 e. The van der Waals surface area contributed by atoms with Crippen LogP contribution >= 0.6 is 11.6 Å². The van der Waals surface area contributed by atoms with Crippen LogP contribution in [0.2, 0.25) is 5.02 Å². The second-order valence-corrected chi connectivity index (χ2v) is 5.11. The predicted octanol–water partition coefficient (Wildman–Crippen LogP) is 4.05. The van der Waals surface area contributed by atoms with Crippen LogP contribution in [0.15, 0.2) is 36.4 Å². The molecule has 1 aromatic heterocycles. The molecule has 0 aliphatic heterocycles. The predicted molar refractivity (Wildman–Crippen MR) is 80.7 cm³/mol. The average molecular weight is 275 g/mol. The molecule has 0 radical (unpaired) electrons. The monoisotopic (exact) mass is 274 g/mol. The zero-order valence-corrected chi connectivity index (χ0v) is 12.3. The minimum absolute atomic E-state index is 0.0861. The lowest BCUT2D eigenvalue weighted by atomic mass is 10.0. The second-order valence-electron chi connectivity index (χ2n) is 4.70. The average Bonchev–Trinajstić information content (AvgIpc) is 2.39. The standard InChI is InChI=1S/C16H19ClN2/c1-4-18-16(15-7-5-6-12(3)19-15)13-9-8-11(2)14(17)10-13/h5-10,16,18H,4H2,1-3H3. The maximum absolute atomic E-state index is 6.23. The molecule has 1 atom stereocenters. The molecule has 0 spiro atoms. The third-order valence-corrected chi connectivity index (χ3v) is 3.55. The number of rotatable bonds is 4. The molecule has 3 heteroatoms. The maximum atomic E-state index is 6.23. The van der Waals surface area contributed by atoms with Gasteiger partial charge in [0.05, 0.1) is 11.7 Å². The lowest BCUT2D eigenvalue weighted by molar-refractivity contribution is 0.614. The Balaban J connectivity index is 2.42. The number of halogens is 1. The van der Waals surface area contributed by atoms with E-state index in [-0.39, 0.29) is 6.04 Å².